The van der Waals surface area contributed by atoms with Gasteiger partial charge in [0.25, 0.3) is 0 Å². The van der Waals surface area contributed by atoms with Crippen LogP contribution >= 0.6 is 11.6 Å². The van der Waals surface area contributed by atoms with Crippen molar-refractivity contribution in [1.82, 2.24) is 0 Å². The highest BCUT2D eigenvalue weighted by atomic mass is 35.5. The van der Waals surface area contributed by atoms with Crippen LogP contribution in [0.4, 0.5) is 8.78 Å². The van der Waals surface area contributed by atoms with Crippen LogP contribution in [-0.4, -0.2) is 0 Å². The van der Waals surface area contributed by atoms with Crippen LogP contribution in [0.1, 0.15) is 5.56 Å². The Labute approximate surface area is 97.5 Å². The second-order valence-electron chi connectivity index (χ2n) is 3.61. The summed E-state index contributed by atoms with van der Waals surface area (Å²) >= 11 is 5.84. The molecule has 0 bridgehead atoms. The Balaban J connectivity index is 2.64. The molecule has 0 unspecified atom stereocenters. The van der Waals surface area contributed by atoms with Crippen LogP contribution in [0.2, 0.25) is 5.02 Å². The zero-order valence-corrected chi connectivity index (χ0v) is 9.35. The Hall–Kier alpha value is -1.41. The number of aryl methyl sites for hydroxylation is 1. The molecule has 0 spiro atoms. The predicted octanol–water partition coefficient (Wildman–Crippen LogP) is 4.59. The molecule has 16 heavy (non-hydrogen) atoms. The summed E-state index contributed by atoms with van der Waals surface area (Å²) in [4.78, 5) is 0. The van der Waals surface area contributed by atoms with E-state index in [-0.39, 0.29) is 10.6 Å². The molecule has 0 saturated carbocycles. The van der Waals surface area contributed by atoms with Crippen molar-refractivity contribution in [3.63, 3.8) is 0 Å². The van der Waals surface area contributed by atoms with Gasteiger partial charge in [-0.2, -0.15) is 0 Å². The van der Waals surface area contributed by atoms with Crippen molar-refractivity contribution in [1.29, 1.82) is 0 Å². The third-order valence-electron chi connectivity index (χ3n) is 2.31. The third-order valence-corrected chi connectivity index (χ3v) is 2.61. The quantitative estimate of drug-likeness (QED) is 0.682. The minimum atomic E-state index is -0.668. The van der Waals surface area contributed by atoms with Crippen LogP contribution < -0.4 is 0 Å². The van der Waals surface area contributed by atoms with E-state index in [0.29, 0.717) is 5.56 Å². The van der Waals surface area contributed by atoms with Crippen molar-refractivity contribution in [2.24, 2.45) is 0 Å². The highest BCUT2D eigenvalue weighted by molar-refractivity contribution is 6.33. The van der Waals surface area contributed by atoms with Gasteiger partial charge in [0.15, 0.2) is 0 Å². The highest BCUT2D eigenvalue weighted by Crippen LogP contribution is 2.31. The van der Waals surface area contributed by atoms with Gasteiger partial charge in [0.2, 0.25) is 0 Å². The van der Waals surface area contributed by atoms with Gasteiger partial charge in [-0.3, -0.25) is 0 Å². The van der Waals surface area contributed by atoms with E-state index in [2.05, 4.69) is 0 Å². The average molecular weight is 239 g/mol. The molecule has 3 heteroatoms. The van der Waals surface area contributed by atoms with Crippen LogP contribution in [0.5, 0.6) is 0 Å². The zero-order valence-electron chi connectivity index (χ0n) is 8.60. The van der Waals surface area contributed by atoms with Crippen LogP contribution in [0.25, 0.3) is 11.1 Å². The van der Waals surface area contributed by atoms with E-state index in [4.69, 9.17) is 11.6 Å². The summed E-state index contributed by atoms with van der Waals surface area (Å²) < 4.78 is 26.5. The van der Waals surface area contributed by atoms with Crippen LogP contribution in [0, 0.1) is 18.6 Å². The van der Waals surface area contributed by atoms with Crippen molar-refractivity contribution < 1.29 is 8.78 Å². The smallest absolute Gasteiger partial charge is 0.135 e. The number of hydrogen-bond acceptors (Lipinski definition) is 0. The largest absolute Gasteiger partial charge is 0.207 e. The van der Waals surface area contributed by atoms with Gasteiger partial charge in [-0.05, 0) is 18.6 Å². The molecular weight excluding hydrogens is 230 g/mol. The van der Waals surface area contributed by atoms with Gasteiger partial charge in [0.1, 0.15) is 11.6 Å². The van der Waals surface area contributed by atoms with Gasteiger partial charge >= 0.3 is 0 Å². The molecule has 0 aliphatic carbocycles. The molecular formula is C13H9ClF2. The van der Waals surface area contributed by atoms with Crippen molar-refractivity contribution >= 4 is 11.6 Å². The Morgan fingerprint density at radius 2 is 1.81 bits per heavy atom. The first-order chi connectivity index (χ1) is 7.58. The fourth-order valence-corrected chi connectivity index (χ4v) is 1.92. The first-order valence-electron chi connectivity index (χ1n) is 4.79. The molecule has 0 aliphatic rings. The van der Waals surface area contributed by atoms with E-state index in [1.807, 2.05) is 25.1 Å². The molecule has 2 aromatic rings. The van der Waals surface area contributed by atoms with E-state index in [9.17, 15) is 8.78 Å². The van der Waals surface area contributed by atoms with E-state index in [0.717, 1.165) is 17.7 Å². The number of hydrogen-bond donors (Lipinski definition) is 0. The minimum Gasteiger partial charge on any atom is -0.207 e. The number of halogens is 3. The van der Waals surface area contributed by atoms with Gasteiger partial charge in [-0.25, -0.2) is 8.78 Å². The lowest BCUT2D eigenvalue weighted by molar-refractivity contribution is 0.586. The molecule has 0 aliphatic heterocycles. The predicted molar refractivity (Wildman–Crippen MR) is 61.5 cm³/mol. The highest BCUT2D eigenvalue weighted by Gasteiger charge is 2.11. The molecule has 0 amide bonds. The Bertz CT molecular complexity index is 512. The second kappa shape index (κ2) is 4.22. The average Bonchev–Trinajstić information content (AvgIpc) is 2.15. The van der Waals surface area contributed by atoms with Gasteiger partial charge in [-0.1, -0.05) is 41.4 Å². The van der Waals surface area contributed by atoms with Crippen molar-refractivity contribution in [3.8, 4) is 11.1 Å². The van der Waals surface area contributed by atoms with E-state index >= 15 is 0 Å². The minimum absolute atomic E-state index is 0.0862. The molecule has 0 fully saturated rings. The van der Waals surface area contributed by atoms with Gasteiger partial charge in [-0.15, -0.1) is 0 Å². The van der Waals surface area contributed by atoms with Crippen molar-refractivity contribution in [2.75, 3.05) is 0 Å². The number of benzene rings is 2. The summed E-state index contributed by atoms with van der Waals surface area (Å²) in [5, 5.41) is 0.0862. The zero-order chi connectivity index (χ0) is 11.7. The maximum absolute atomic E-state index is 13.6. The molecule has 0 radical (unpaired) electrons. The molecule has 0 aromatic heterocycles. The number of rotatable bonds is 1. The molecule has 2 aromatic carbocycles. The van der Waals surface area contributed by atoms with Crippen molar-refractivity contribution in [3.05, 3.63) is 58.6 Å². The van der Waals surface area contributed by atoms with E-state index < -0.39 is 11.6 Å². The lowest BCUT2D eigenvalue weighted by Gasteiger charge is -2.07. The summed E-state index contributed by atoms with van der Waals surface area (Å²) in [5.74, 6) is -1.31. The molecule has 0 heterocycles. The Morgan fingerprint density at radius 1 is 1.06 bits per heavy atom. The Morgan fingerprint density at radius 3 is 2.44 bits per heavy atom. The molecule has 0 saturated heterocycles. The van der Waals surface area contributed by atoms with Crippen LogP contribution in [0.15, 0.2) is 36.4 Å². The first kappa shape index (κ1) is 11.1. The third kappa shape index (κ3) is 2.07. The standard InChI is InChI=1S/C13H9ClF2/c1-8-3-2-4-9(5-8)13-11(14)6-10(15)7-12(13)16/h2-7H,1H3. The normalized spacial score (nSPS) is 10.5. The fraction of sp³-hybridized carbons (Fsp3) is 0.0769. The van der Waals surface area contributed by atoms with Gasteiger partial charge < -0.3 is 0 Å². The van der Waals surface area contributed by atoms with Gasteiger partial charge in [0, 0.05) is 11.6 Å². The second-order valence-corrected chi connectivity index (χ2v) is 4.02. The summed E-state index contributed by atoms with van der Waals surface area (Å²) in [6.45, 7) is 1.90. The summed E-state index contributed by atoms with van der Waals surface area (Å²) in [5.41, 5.74) is 1.89. The molecule has 0 atom stereocenters. The monoisotopic (exact) mass is 238 g/mol. The maximum Gasteiger partial charge on any atom is 0.135 e. The first-order valence-corrected chi connectivity index (χ1v) is 5.17. The summed E-state index contributed by atoms with van der Waals surface area (Å²) in [7, 11) is 0. The van der Waals surface area contributed by atoms with E-state index in [1.54, 1.807) is 6.07 Å². The van der Waals surface area contributed by atoms with E-state index in [1.165, 1.54) is 0 Å². The van der Waals surface area contributed by atoms with Crippen LogP contribution in [0.3, 0.4) is 0 Å². The van der Waals surface area contributed by atoms with Gasteiger partial charge in [0.05, 0.1) is 5.02 Å². The molecule has 0 nitrogen and oxygen atoms in total. The Kier molecular flexibility index (Phi) is 2.92. The molecule has 82 valence electrons. The SMILES string of the molecule is Cc1cccc(-c2c(F)cc(F)cc2Cl)c1. The topological polar surface area (TPSA) is 0 Å². The maximum atomic E-state index is 13.6. The fourth-order valence-electron chi connectivity index (χ4n) is 1.62. The summed E-state index contributed by atoms with van der Waals surface area (Å²) in [6, 6.07) is 9.21. The lowest BCUT2D eigenvalue weighted by atomic mass is 10.0. The van der Waals surface area contributed by atoms with Crippen LogP contribution in [-0.2, 0) is 0 Å². The lowest BCUT2D eigenvalue weighted by Crippen LogP contribution is -1.89. The molecule has 0 N–H and O–H groups in total. The van der Waals surface area contributed by atoms with Crippen molar-refractivity contribution in [2.45, 2.75) is 6.92 Å². The molecule has 2 rings (SSSR count). The summed E-state index contributed by atoms with van der Waals surface area (Å²) in [6.07, 6.45) is 0.